The summed E-state index contributed by atoms with van der Waals surface area (Å²) in [6.45, 7) is 5.06. The lowest BCUT2D eigenvalue weighted by Gasteiger charge is -2.29. The number of piperidine rings is 1. The van der Waals surface area contributed by atoms with Crippen molar-refractivity contribution in [3.8, 4) is 0 Å². The summed E-state index contributed by atoms with van der Waals surface area (Å²) in [7, 11) is -3.01. The van der Waals surface area contributed by atoms with Crippen molar-refractivity contribution in [2.24, 2.45) is 0 Å². The lowest BCUT2D eigenvalue weighted by molar-refractivity contribution is 0.215. The predicted molar refractivity (Wildman–Crippen MR) is 64.8 cm³/mol. The highest BCUT2D eigenvalue weighted by Gasteiger charge is 2.36. The summed E-state index contributed by atoms with van der Waals surface area (Å²) in [5.41, 5.74) is 0. The standard InChI is InChI=1S/C11H22N2O2S/c1-10(9-13-7-3-2-4-8-13)12-16(14,15)11-5-6-11/h10-12H,2-9H2,1H3/t10-/m1/s1. The van der Waals surface area contributed by atoms with Gasteiger partial charge in [0.05, 0.1) is 5.25 Å². The van der Waals surface area contributed by atoms with Crippen LogP contribution in [0.1, 0.15) is 39.0 Å². The van der Waals surface area contributed by atoms with Crippen LogP contribution in [0.25, 0.3) is 0 Å². The maximum absolute atomic E-state index is 11.7. The third-order valence-corrected chi connectivity index (χ3v) is 5.39. The SMILES string of the molecule is C[C@H](CN1CCCCC1)NS(=O)(=O)C1CC1. The molecule has 0 spiro atoms. The molecule has 1 aliphatic heterocycles. The maximum atomic E-state index is 11.7. The zero-order valence-electron chi connectivity index (χ0n) is 9.98. The Morgan fingerprint density at radius 2 is 1.88 bits per heavy atom. The number of sulfonamides is 1. The summed E-state index contributed by atoms with van der Waals surface area (Å²) in [6, 6.07) is 0.0451. The van der Waals surface area contributed by atoms with Gasteiger partial charge in [0, 0.05) is 12.6 Å². The number of rotatable bonds is 5. The Morgan fingerprint density at radius 1 is 1.25 bits per heavy atom. The number of nitrogens with zero attached hydrogens (tertiary/aromatic N) is 1. The molecule has 5 heteroatoms. The molecule has 2 rings (SSSR count). The Bertz CT molecular complexity index is 319. The fourth-order valence-electron chi connectivity index (χ4n) is 2.32. The smallest absolute Gasteiger partial charge is 0.214 e. The Labute approximate surface area is 98.4 Å². The lowest BCUT2D eigenvalue weighted by atomic mass is 10.1. The van der Waals surface area contributed by atoms with E-state index >= 15 is 0 Å². The third kappa shape index (κ3) is 3.43. The van der Waals surface area contributed by atoms with E-state index in [0.717, 1.165) is 32.5 Å². The largest absolute Gasteiger partial charge is 0.302 e. The number of nitrogens with one attached hydrogen (secondary N) is 1. The van der Waals surface area contributed by atoms with Crippen LogP contribution in [0.3, 0.4) is 0 Å². The Hall–Kier alpha value is -0.130. The minimum Gasteiger partial charge on any atom is -0.302 e. The molecule has 0 aromatic rings. The van der Waals surface area contributed by atoms with Gasteiger partial charge in [-0.05, 0) is 45.7 Å². The van der Waals surface area contributed by atoms with E-state index in [0.29, 0.717) is 0 Å². The van der Waals surface area contributed by atoms with Crippen LogP contribution in [0.4, 0.5) is 0 Å². The van der Waals surface area contributed by atoms with Gasteiger partial charge in [-0.2, -0.15) is 0 Å². The molecular weight excluding hydrogens is 224 g/mol. The highest BCUT2D eigenvalue weighted by molar-refractivity contribution is 7.90. The van der Waals surface area contributed by atoms with Crippen LogP contribution in [0, 0.1) is 0 Å². The molecule has 0 bridgehead atoms. The minimum absolute atomic E-state index is 0.0451. The van der Waals surface area contributed by atoms with Gasteiger partial charge in [0.25, 0.3) is 0 Å². The fraction of sp³-hybridized carbons (Fsp3) is 1.00. The Balaban J connectivity index is 1.76. The van der Waals surface area contributed by atoms with Gasteiger partial charge in [-0.25, -0.2) is 13.1 Å². The van der Waals surface area contributed by atoms with E-state index in [4.69, 9.17) is 0 Å². The molecule has 1 saturated carbocycles. The van der Waals surface area contributed by atoms with Gasteiger partial charge >= 0.3 is 0 Å². The number of likely N-dealkylation sites (tertiary alicyclic amines) is 1. The van der Waals surface area contributed by atoms with Gasteiger partial charge in [0.1, 0.15) is 0 Å². The molecule has 2 aliphatic rings. The van der Waals surface area contributed by atoms with Crippen LogP contribution in [-0.4, -0.2) is 44.2 Å². The second-order valence-electron chi connectivity index (χ2n) is 5.12. The summed E-state index contributed by atoms with van der Waals surface area (Å²) >= 11 is 0. The molecule has 16 heavy (non-hydrogen) atoms. The summed E-state index contributed by atoms with van der Waals surface area (Å²) in [4.78, 5) is 2.36. The van der Waals surface area contributed by atoms with Crippen LogP contribution in [0.15, 0.2) is 0 Å². The zero-order valence-corrected chi connectivity index (χ0v) is 10.8. The highest BCUT2D eigenvalue weighted by atomic mass is 32.2. The highest BCUT2D eigenvalue weighted by Crippen LogP contribution is 2.27. The van der Waals surface area contributed by atoms with E-state index < -0.39 is 10.0 Å². The molecule has 0 amide bonds. The molecule has 1 aliphatic carbocycles. The number of hydrogen-bond donors (Lipinski definition) is 1. The van der Waals surface area contributed by atoms with Crippen LogP contribution in [-0.2, 0) is 10.0 Å². The normalized spacial score (nSPS) is 25.6. The maximum Gasteiger partial charge on any atom is 0.214 e. The van der Waals surface area contributed by atoms with Crippen LogP contribution in [0.2, 0.25) is 0 Å². The van der Waals surface area contributed by atoms with E-state index in [2.05, 4.69) is 9.62 Å². The molecule has 94 valence electrons. The zero-order chi connectivity index (χ0) is 11.6. The second kappa shape index (κ2) is 5.02. The van der Waals surface area contributed by atoms with E-state index in [1.807, 2.05) is 6.92 Å². The molecule has 0 radical (unpaired) electrons. The van der Waals surface area contributed by atoms with E-state index in [1.165, 1.54) is 19.3 Å². The molecule has 1 heterocycles. The van der Waals surface area contributed by atoms with Crippen molar-refractivity contribution in [1.29, 1.82) is 0 Å². The first-order valence-electron chi connectivity index (χ1n) is 6.31. The minimum atomic E-state index is -3.01. The molecule has 0 aromatic carbocycles. The van der Waals surface area contributed by atoms with Crippen molar-refractivity contribution in [2.45, 2.75) is 50.3 Å². The first kappa shape index (κ1) is 12.3. The molecule has 1 N–H and O–H groups in total. The molecule has 0 unspecified atom stereocenters. The summed E-state index contributed by atoms with van der Waals surface area (Å²) in [5, 5.41) is -0.101. The first-order valence-corrected chi connectivity index (χ1v) is 7.86. The van der Waals surface area contributed by atoms with Crippen LogP contribution in [0.5, 0.6) is 0 Å². The van der Waals surface area contributed by atoms with Crippen molar-refractivity contribution in [3.63, 3.8) is 0 Å². The molecular formula is C11H22N2O2S. The lowest BCUT2D eigenvalue weighted by Crippen LogP contribution is -2.44. The van der Waals surface area contributed by atoms with Crippen molar-refractivity contribution in [1.82, 2.24) is 9.62 Å². The molecule has 0 aromatic heterocycles. The average molecular weight is 246 g/mol. The van der Waals surface area contributed by atoms with E-state index in [-0.39, 0.29) is 11.3 Å². The molecule has 4 nitrogen and oxygen atoms in total. The second-order valence-corrected chi connectivity index (χ2v) is 7.12. The monoisotopic (exact) mass is 246 g/mol. The predicted octanol–water partition coefficient (Wildman–Crippen LogP) is 0.943. The van der Waals surface area contributed by atoms with Crippen molar-refractivity contribution in [3.05, 3.63) is 0 Å². The quantitative estimate of drug-likeness (QED) is 0.785. The summed E-state index contributed by atoms with van der Waals surface area (Å²) in [6.07, 6.45) is 5.50. The Morgan fingerprint density at radius 3 is 2.44 bits per heavy atom. The van der Waals surface area contributed by atoms with Gasteiger partial charge in [0.15, 0.2) is 0 Å². The topological polar surface area (TPSA) is 49.4 Å². The van der Waals surface area contributed by atoms with Crippen molar-refractivity contribution >= 4 is 10.0 Å². The van der Waals surface area contributed by atoms with Gasteiger partial charge < -0.3 is 4.90 Å². The van der Waals surface area contributed by atoms with Crippen LogP contribution < -0.4 is 4.72 Å². The summed E-state index contributed by atoms with van der Waals surface area (Å²) < 4.78 is 26.2. The Kier molecular flexibility index (Phi) is 3.87. The van der Waals surface area contributed by atoms with Crippen LogP contribution >= 0.6 is 0 Å². The fourth-order valence-corrected chi connectivity index (χ4v) is 3.91. The van der Waals surface area contributed by atoms with Crippen molar-refractivity contribution in [2.75, 3.05) is 19.6 Å². The van der Waals surface area contributed by atoms with Gasteiger partial charge in [0.2, 0.25) is 10.0 Å². The molecule has 1 saturated heterocycles. The van der Waals surface area contributed by atoms with Crippen molar-refractivity contribution < 1.29 is 8.42 Å². The third-order valence-electron chi connectivity index (χ3n) is 3.31. The molecule has 2 fully saturated rings. The van der Waals surface area contributed by atoms with Gasteiger partial charge in [-0.15, -0.1) is 0 Å². The van der Waals surface area contributed by atoms with E-state index in [1.54, 1.807) is 0 Å². The van der Waals surface area contributed by atoms with E-state index in [9.17, 15) is 8.42 Å². The first-order chi connectivity index (χ1) is 7.58. The average Bonchev–Trinajstić information content (AvgIpc) is 3.01. The number of hydrogen-bond acceptors (Lipinski definition) is 3. The van der Waals surface area contributed by atoms with Gasteiger partial charge in [-0.3, -0.25) is 0 Å². The van der Waals surface area contributed by atoms with Gasteiger partial charge in [-0.1, -0.05) is 6.42 Å². The molecule has 1 atom stereocenters. The summed E-state index contributed by atoms with van der Waals surface area (Å²) in [5.74, 6) is 0.